The molecule has 0 N–H and O–H groups in total. The van der Waals surface area contributed by atoms with Crippen LogP contribution in [0.25, 0.3) is 0 Å². The molecule has 0 fully saturated rings. The van der Waals surface area contributed by atoms with Gasteiger partial charge in [-0.1, -0.05) is 0 Å². The van der Waals surface area contributed by atoms with E-state index in [0.29, 0.717) is 0 Å². The molecule has 0 unspecified atom stereocenters. The van der Waals surface area contributed by atoms with Crippen LogP contribution in [0.3, 0.4) is 0 Å². The van der Waals surface area contributed by atoms with Crippen LogP contribution >= 0.6 is 0 Å². The maximum absolute atomic E-state index is 6.18. The zero-order chi connectivity index (χ0) is 20.1. The van der Waals surface area contributed by atoms with Crippen LogP contribution in [0.4, 0.5) is 0 Å². The van der Waals surface area contributed by atoms with Gasteiger partial charge in [-0.3, -0.25) is 0 Å². The van der Waals surface area contributed by atoms with Crippen molar-refractivity contribution in [2.75, 3.05) is 0 Å². The van der Waals surface area contributed by atoms with Crippen molar-refractivity contribution in [3.8, 4) is 0 Å². The van der Waals surface area contributed by atoms with Crippen LogP contribution in [0.5, 0.6) is 0 Å². The first kappa shape index (κ1) is 31.8. The first-order valence-electron chi connectivity index (χ1n) is 10.6. The van der Waals surface area contributed by atoms with Gasteiger partial charge in [0.05, 0.1) is 0 Å². The topological polar surface area (TPSA) is 9.23 Å². The second-order valence-corrected chi connectivity index (χ2v) is 31.1. The Labute approximate surface area is 180 Å². The van der Waals surface area contributed by atoms with E-state index in [1.54, 1.807) is 0 Å². The minimum absolute atomic E-state index is 0.0556. The first-order valence-corrected chi connectivity index (χ1v) is 25.5. The van der Waals surface area contributed by atoms with Crippen molar-refractivity contribution in [3.05, 3.63) is 0 Å². The molecule has 0 aliphatic carbocycles. The van der Waals surface area contributed by atoms with Crippen LogP contribution in [-0.4, -0.2) is 57.2 Å². The van der Waals surface area contributed by atoms with Crippen molar-refractivity contribution in [1.29, 1.82) is 0 Å². The number of hydrogen-bond donors (Lipinski definition) is 0. The second kappa shape index (κ2) is 26.1. The summed E-state index contributed by atoms with van der Waals surface area (Å²) in [6, 6.07) is 0. The average molecular weight is 610 g/mol. The van der Waals surface area contributed by atoms with E-state index >= 15 is 0 Å². The molecule has 0 saturated heterocycles. The molecule has 0 amide bonds. The molecule has 0 aromatic carbocycles. The van der Waals surface area contributed by atoms with E-state index in [0.717, 1.165) is 0 Å². The SMILES string of the molecule is CC[Se](CC)CC.CC[Se](CC)CC.C[CH2][Ge]([CH2]C)[O][Ge]([CH2]C)[CH2]C. The summed E-state index contributed by atoms with van der Waals surface area (Å²) >= 11 is -2.04. The third-order valence-corrected chi connectivity index (χ3v) is 28.7. The Morgan fingerprint density at radius 1 is 0.440 bits per heavy atom. The molecular weight excluding hydrogens is 559 g/mol. The summed E-state index contributed by atoms with van der Waals surface area (Å²) in [4.78, 5) is 0. The van der Waals surface area contributed by atoms with Gasteiger partial charge in [0.15, 0.2) is 0 Å². The molecule has 5 heteroatoms. The molecule has 0 aromatic rings. The van der Waals surface area contributed by atoms with Gasteiger partial charge >= 0.3 is 182 Å². The van der Waals surface area contributed by atoms with E-state index in [9.17, 15) is 0 Å². The van der Waals surface area contributed by atoms with E-state index in [1.165, 1.54) is 52.9 Å². The maximum atomic E-state index is 6.18. The monoisotopic (exact) mass is 614 g/mol. The summed E-state index contributed by atoms with van der Waals surface area (Å²) in [5, 5.41) is 14.3. The Kier molecular flexibility index (Phi) is 33.1. The molecule has 25 heavy (non-hydrogen) atoms. The quantitative estimate of drug-likeness (QED) is 0.203. The first-order chi connectivity index (χ1) is 12.0. The van der Waals surface area contributed by atoms with Crippen molar-refractivity contribution in [1.82, 2.24) is 0 Å². The molecule has 0 bridgehead atoms. The summed E-state index contributed by atoms with van der Waals surface area (Å²) in [6.07, 6.45) is 0. The Balaban J connectivity index is -0.000000304. The van der Waals surface area contributed by atoms with Gasteiger partial charge in [0, 0.05) is 0 Å². The summed E-state index contributed by atoms with van der Waals surface area (Å²) in [6.45, 7) is 23.1. The third kappa shape index (κ3) is 22.2. The molecule has 1 nitrogen and oxygen atoms in total. The Bertz CT molecular complexity index is 185. The number of hydrogen-bond acceptors (Lipinski definition) is 1. The summed E-state index contributed by atoms with van der Waals surface area (Å²) in [5.41, 5.74) is 0. The average Bonchev–Trinajstić information content (AvgIpc) is 2.67. The Morgan fingerprint density at radius 2 is 0.640 bits per heavy atom. The van der Waals surface area contributed by atoms with E-state index in [2.05, 4.69) is 69.2 Å². The van der Waals surface area contributed by atoms with Crippen LogP contribution < -0.4 is 0 Å². The van der Waals surface area contributed by atoms with Gasteiger partial charge in [-0.25, -0.2) is 0 Å². The molecule has 4 radical (unpaired) electrons. The second-order valence-electron chi connectivity index (χ2n) is 5.55. The van der Waals surface area contributed by atoms with Crippen molar-refractivity contribution in [3.63, 3.8) is 0 Å². The van der Waals surface area contributed by atoms with Gasteiger partial charge in [-0.2, -0.15) is 0 Å². The zero-order valence-corrected chi connectivity index (χ0v) is 26.9. The van der Waals surface area contributed by atoms with Crippen LogP contribution in [0.15, 0.2) is 0 Å². The fourth-order valence-electron chi connectivity index (χ4n) is 2.22. The number of rotatable bonds is 12. The fraction of sp³-hybridized carbons (Fsp3) is 1.00. The molecule has 0 heterocycles. The van der Waals surface area contributed by atoms with Gasteiger partial charge < -0.3 is 0 Å². The van der Waals surface area contributed by atoms with E-state index < -0.39 is 29.4 Å². The van der Waals surface area contributed by atoms with Crippen molar-refractivity contribution in [2.24, 2.45) is 0 Å². The predicted molar refractivity (Wildman–Crippen MR) is 129 cm³/mol. The zero-order valence-electron chi connectivity index (χ0n) is 19.3. The van der Waals surface area contributed by atoms with Crippen molar-refractivity contribution >= 4 is 57.2 Å². The normalized spacial score (nSPS) is 10.8. The Morgan fingerprint density at radius 3 is 0.720 bits per heavy atom. The third-order valence-electron chi connectivity index (χ3n) is 4.32. The standard InChI is InChI=1S/C8H20Ge2O.2C6H15Se/c1-5-9(6-2)11-10(7-3)8-4;2*1-4-7(5-2)6-3/h5-8H2,1-4H3;2*4-6H2,1-3H3. The molecule has 0 atom stereocenters. The summed E-state index contributed by atoms with van der Waals surface area (Å²) in [5.74, 6) is 0. The van der Waals surface area contributed by atoms with Crippen LogP contribution in [0.2, 0.25) is 52.9 Å². The molecule has 0 rings (SSSR count). The van der Waals surface area contributed by atoms with Gasteiger partial charge in [0.25, 0.3) is 0 Å². The van der Waals surface area contributed by atoms with Gasteiger partial charge in [-0.15, -0.1) is 0 Å². The van der Waals surface area contributed by atoms with Crippen LogP contribution in [0, 0.1) is 0 Å². The van der Waals surface area contributed by atoms with Crippen LogP contribution in [-0.2, 0) is 2.79 Å². The molecule has 0 aliphatic rings. The fourth-order valence-corrected chi connectivity index (χ4v) is 22.3. The molecule has 0 saturated carbocycles. The van der Waals surface area contributed by atoms with Gasteiger partial charge in [0.1, 0.15) is 0 Å². The molecule has 0 aromatic heterocycles. The molecular formula is C20H50Ge2OSe2. The predicted octanol–water partition coefficient (Wildman–Crippen LogP) is 8.15. The van der Waals surface area contributed by atoms with Crippen LogP contribution in [0.1, 0.15) is 69.2 Å². The van der Waals surface area contributed by atoms with Gasteiger partial charge in [-0.05, 0) is 0 Å². The summed E-state index contributed by atoms with van der Waals surface area (Å²) in [7, 11) is 0. The summed E-state index contributed by atoms with van der Waals surface area (Å²) < 4.78 is 6.18. The van der Waals surface area contributed by atoms with E-state index in [1.807, 2.05) is 0 Å². The van der Waals surface area contributed by atoms with Gasteiger partial charge in [0.2, 0.25) is 0 Å². The molecule has 156 valence electrons. The van der Waals surface area contributed by atoms with Crippen molar-refractivity contribution < 1.29 is 2.79 Å². The molecule has 0 aliphatic heterocycles. The molecule has 0 spiro atoms. The minimum atomic E-state index is -0.965. The van der Waals surface area contributed by atoms with E-state index in [-0.39, 0.29) is 27.8 Å². The van der Waals surface area contributed by atoms with E-state index in [4.69, 9.17) is 2.79 Å². The Hall–Kier alpha value is 2.08. The van der Waals surface area contributed by atoms with Crippen molar-refractivity contribution in [2.45, 2.75) is 122 Å².